The molecular weight excluding hydrogens is 380 g/mol. The molecule has 0 N–H and O–H groups in total. The second-order valence-electron chi connectivity index (χ2n) is 7.58. The molecule has 2 heterocycles. The topological polar surface area (TPSA) is 72.6 Å². The summed E-state index contributed by atoms with van der Waals surface area (Å²) < 4.78 is 11.3. The van der Waals surface area contributed by atoms with E-state index in [0.29, 0.717) is 31.2 Å². The van der Waals surface area contributed by atoms with Crippen molar-refractivity contribution in [2.75, 3.05) is 19.7 Å². The number of rotatable bonds is 7. The number of hydrogen-bond donors (Lipinski definition) is 0. The largest absolute Gasteiger partial charge is 0.494 e. The average Bonchev–Trinajstić information content (AvgIpc) is 3.22. The number of amides is 1. The van der Waals surface area contributed by atoms with Gasteiger partial charge in [0.1, 0.15) is 11.3 Å². The van der Waals surface area contributed by atoms with E-state index in [2.05, 4.69) is 4.98 Å². The maximum absolute atomic E-state index is 12.7. The molecule has 156 valence electrons. The van der Waals surface area contributed by atoms with Crippen LogP contribution in [0.5, 0.6) is 5.75 Å². The Morgan fingerprint density at radius 3 is 2.70 bits per heavy atom. The monoisotopic (exact) mass is 406 g/mol. The molecule has 6 heteroatoms. The number of piperidine rings is 1. The van der Waals surface area contributed by atoms with Crippen LogP contribution in [-0.2, 0) is 4.79 Å². The molecule has 30 heavy (non-hydrogen) atoms. The van der Waals surface area contributed by atoms with Crippen LogP contribution in [0, 0.1) is 0 Å². The highest BCUT2D eigenvalue weighted by Gasteiger charge is 2.28. The minimum Gasteiger partial charge on any atom is -0.494 e. The van der Waals surface area contributed by atoms with Crippen molar-refractivity contribution in [3.05, 3.63) is 60.0 Å². The third-order valence-corrected chi connectivity index (χ3v) is 5.49. The van der Waals surface area contributed by atoms with Crippen LogP contribution in [0.2, 0.25) is 0 Å². The number of fused-ring (bicyclic) bond motifs is 1. The quantitative estimate of drug-likeness (QED) is 0.537. The van der Waals surface area contributed by atoms with Crippen LogP contribution in [0.3, 0.4) is 0 Å². The van der Waals surface area contributed by atoms with Crippen molar-refractivity contribution >= 4 is 22.8 Å². The summed E-state index contributed by atoms with van der Waals surface area (Å²) in [5.41, 5.74) is 2.23. The van der Waals surface area contributed by atoms with Gasteiger partial charge in [-0.1, -0.05) is 12.1 Å². The van der Waals surface area contributed by atoms with Crippen LogP contribution in [0.4, 0.5) is 0 Å². The fourth-order valence-corrected chi connectivity index (χ4v) is 3.90. The SMILES string of the molecule is CCOc1ccc(C(=O)CCC(=O)N2CCCC(c3nc4ccccc4o3)C2)cc1. The molecule has 1 aliphatic heterocycles. The highest BCUT2D eigenvalue weighted by molar-refractivity contribution is 5.98. The zero-order valence-electron chi connectivity index (χ0n) is 17.2. The van der Waals surface area contributed by atoms with Crippen molar-refractivity contribution in [3.63, 3.8) is 0 Å². The van der Waals surface area contributed by atoms with E-state index in [4.69, 9.17) is 9.15 Å². The van der Waals surface area contributed by atoms with E-state index < -0.39 is 0 Å². The molecule has 1 aliphatic rings. The van der Waals surface area contributed by atoms with Gasteiger partial charge < -0.3 is 14.1 Å². The van der Waals surface area contributed by atoms with Crippen LogP contribution in [0.15, 0.2) is 52.9 Å². The van der Waals surface area contributed by atoms with Gasteiger partial charge in [0.15, 0.2) is 17.3 Å². The van der Waals surface area contributed by atoms with Crippen LogP contribution in [-0.4, -0.2) is 41.3 Å². The van der Waals surface area contributed by atoms with E-state index in [1.807, 2.05) is 36.1 Å². The first-order valence-corrected chi connectivity index (χ1v) is 10.5. The number of ether oxygens (including phenoxy) is 1. The van der Waals surface area contributed by atoms with Crippen molar-refractivity contribution in [3.8, 4) is 5.75 Å². The zero-order valence-corrected chi connectivity index (χ0v) is 17.2. The average molecular weight is 406 g/mol. The molecule has 0 bridgehead atoms. The van der Waals surface area contributed by atoms with E-state index in [1.165, 1.54) is 0 Å². The Bertz CT molecular complexity index is 992. The van der Waals surface area contributed by atoms with Crippen LogP contribution >= 0.6 is 0 Å². The Hall–Kier alpha value is -3.15. The summed E-state index contributed by atoms with van der Waals surface area (Å²) >= 11 is 0. The lowest BCUT2D eigenvalue weighted by molar-refractivity contribution is -0.132. The number of oxazole rings is 1. The Balaban J connectivity index is 1.33. The van der Waals surface area contributed by atoms with Crippen molar-refractivity contribution in [2.24, 2.45) is 0 Å². The third kappa shape index (κ3) is 4.53. The molecule has 1 saturated heterocycles. The highest BCUT2D eigenvalue weighted by Crippen LogP contribution is 2.29. The first-order chi connectivity index (χ1) is 14.6. The first-order valence-electron chi connectivity index (χ1n) is 10.5. The predicted octanol–water partition coefficient (Wildman–Crippen LogP) is 4.60. The van der Waals surface area contributed by atoms with Gasteiger partial charge in [-0.25, -0.2) is 4.98 Å². The lowest BCUT2D eigenvalue weighted by atomic mass is 9.97. The number of aromatic nitrogens is 1. The van der Waals surface area contributed by atoms with Crippen LogP contribution in [0.25, 0.3) is 11.1 Å². The molecule has 1 unspecified atom stereocenters. The van der Waals surface area contributed by atoms with E-state index >= 15 is 0 Å². The summed E-state index contributed by atoms with van der Waals surface area (Å²) in [6.07, 6.45) is 2.27. The summed E-state index contributed by atoms with van der Waals surface area (Å²) in [4.78, 5) is 31.6. The van der Waals surface area contributed by atoms with Crippen molar-refractivity contribution in [1.82, 2.24) is 9.88 Å². The van der Waals surface area contributed by atoms with Gasteiger partial charge in [0, 0.05) is 31.5 Å². The third-order valence-electron chi connectivity index (χ3n) is 5.49. The molecule has 6 nitrogen and oxygen atoms in total. The van der Waals surface area contributed by atoms with Crippen molar-refractivity contribution in [2.45, 2.75) is 38.5 Å². The molecule has 3 aromatic rings. The summed E-state index contributed by atoms with van der Waals surface area (Å²) in [6, 6.07) is 14.8. The predicted molar refractivity (Wildman–Crippen MR) is 114 cm³/mol. The Kier molecular flexibility index (Phi) is 6.12. The van der Waals surface area contributed by atoms with E-state index in [1.54, 1.807) is 24.3 Å². The number of benzene rings is 2. The molecule has 0 saturated carbocycles. The molecule has 1 aromatic heterocycles. The van der Waals surface area contributed by atoms with Gasteiger partial charge in [-0.05, 0) is 56.2 Å². The molecule has 1 amide bonds. The maximum atomic E-state index is 12.7. The van der Waals surface area contributed by atoms with Gasteiger partial charge in [0.2, 0.25) is 5.91 Å². The van der Waals surface area contributed by atoms with Crippen LogP contribution in [0.1, 0.15) is 54.8 Å². The second-order valence-corrected chi connectivity index (χ2v) is 7.58. The number of ketones is 1. The molecule has 4 rings (SSSR count). The van der Waals surface area contributed by atoms with Gasteiger partial charge in [-0.3, -0.25) is 9.59 Å². The maximum Gasteiger partial charge on any atom is 0.223 e. The molecule has 0 spiro atoms. The number of Topliss-reactive ketones (excluding diaryl/α,β-unsaturated/α-hetero) is 1. The van der Waals surface area contributed by atoms with Gasteiger partial charge >= 0.3 is 0 Å². The number of carbonyl (C=O) groups is 2. The number of carbonyl (C=O) groups excluding carboxylic acids is 2. The Labute approximate surface area is 175 Å². The summed E-state index contributed by atoms with van der Waals surface area (Å²) in [7, 11) is 0. The molecular formula is C24H26N2O4. The first kappa shape index (κ1) is 20.1. The van der Waals surface area contributed by atoms with Crippen LogP contribution < -0.4 is 4.74 Å². The molecule has 1 fully saturated rings. The van der Waals surface area contributed by atoms with Gasteiger partial charge in [-0.15, -0.1) is 0 Å². The Morgan fingerprint density at radius 1 is 1.13 bits per heavy atom. The molecule has 0 aliphatic carbocycles. The molecule has 0 radical (unpaired) electrons. The Morgan fingerprint density at radius 2 is 1.93 bits per heavy atom. The fourth-order valence-electron chi connectivity index (χ4n) is 3.90. The van der Waals surface area contributed by atoms with E-state index in [9.17, 15) is 9.59 Å². The minimum atomic E-state index is -0.0288. The number of hydrogen-bond acceptors (Lipinski definition) is 5. The smallest absolute Gasteiger partial charge is 0.223 e. The summed E-state index contributed by atoms with van der Waals surface area (Å²) in [5.74, 6) is 1.51. The number of likely N-dealkylation sites (tertiary alicyclic amines) is 1. The standard InChI is InChI=1S/C24H26N2O4/c1-2-29-19-11-9-17(10-12-19)21(27)13-14-23(28)26-15-5-6-18(16-26)24-25-20-7-3-4-8-22(20)30-24/h3-4,7-12,18H,2,5-6,13-16H2,1H3. The second kappa shape index (κ2) is 9.11. The zero-order chi connectivity index (χ0) is 20.9. The highest BCUT2D eigenvalue weighted by atomic mass is 16.5. The van der Waals surface area contributed by atoms with E-state index in [-0.39, 0.29) is 30.4 Å². The summed E-state index contributed by atoms with van der Waals surface area (Å²) in [6.45, 7) is 3.80. The number of para-hydroxylation sites is 2. The fraction of sp³-hybridized carbons (Fsp3) is 0.375. The normalized spacial score (nSPS) is 16.6. The van der Waals surface area contributed by atoms with Gasteiger partial charge in [0.25, 0.3) is 0 Å². The summed E-state index contributed by atoms with van der Waals surface area (Å²) in [5, 5.41) is 0. The molecule has 2 aromatic carbocycles. The van der Waals surface area contributed by atoms with Gasteiger partial charge in [-0.2, -0.15) is 0 Å². The van der Waals surface area contributed by atoms with E-state index in [0.717, 1.165) is 29.7 Å². The lowest BCUT2D eigenvalue weighted by Gasteiger charge is -2.31. The van der Waals surface area contributed by atoms with Gasteiger partial charge in [0.05, 0.1) is 12.5 Å². The van der Waals surface area contributed by atoms with Crippen molar-refractivity contribution in [1.29, 1.82) is 0 Å². The number of nitrogens with zero attached hydrogens (tertiary/aromatic N) is 2. The molecule has 1 atom stereocenters. The lowest BCUT2D eigenvalue weighted by Crippen LogP contribution is -2.39. The van der Waals surface area contributed by atoms with Crippen molar-refractivity contribution < 1.29 is 18.7 Å². The minimum absolute atomic E-state index is 0.00935.